The number of ether oxygens (including phenoxy) is 2. The van der Waals surface area contributed by atoms with Crippen LogP contribution in [0.1, 0.15) is 38.9 Å². The van der Waals surface area contributed by atoms with Crippen molar-refractivity contribution in [3.8, 4) is 11.6 Å². The summed E-state index contributed by atoms with van der Waals surface area (Å²) in [6, 6.07) is 5.10. The molecular formula is C23H19ClF5N5O4. The minimum Gasteiger partial charge on any atom is -0.480 e. The normalized spacial score (nSPS) is 15.3. The quantitative estimate of drug-likeness (QED) is 0.424. The number of benzene rings is 1. The number of hydrogen-bond acceptors (Lipinski definition) is 6. The molecule has 2 amide bonds. The van der Waals surface area contributed by atoms with Crippen LogP contribution in [0.15, 0.2) is 42.7 Å². The minimum atomic E-state index is -5.04. The summed E-state index contributed by atoms with van der Waals surface area (Å²) in [5.74, 6) is -2.12. The van der Waals surface area contributed by atoms with E-state index in [1.165, 1.54) is 42.6 Å². The van der Waals surface area contributed by atoms with E-state index in [2.05, 4.69) is 20.1 Å². The summed E-state index contributed by atoms with van der Waals surface area (Å²) < 4.78 is 74.9. The van der Waals surface area contributed by atoms with Crippen molar-refractivity contribution in [2.24, 2.45) is 0 Å². The maximum absolute atomic E-state index is 13.3. The van der Waals surface area contributed by atoms with Gasteiger partial charge < -0.3 is 19.7 Å². The van der Waals surface area contributed by atoms with E-state index in [1.54, 1.807) is 0 Å². The van der Waals surface area contributed by atoms with Gasteiger partial charge in [0.15, 0.2) is 0 Å². The lowest BCUT2D eigenvalue weighted by Gasteiger charge is -2.33. The Kier molecular flexibility index (Phi) is 7.71. The number of nitrogens with one attached hydrogen (secondary N) is 1. The molecule has 9 nitrogen and oxygen atoms in total. The standard InChI is InChI=1S/C23H19ClF5N5O4/c1-37-21-14(24)8-12(9-30-21)22(36)33-7-6-15(19-16(33)10-31-34(19)11-18(25)26)32-20(35)13-4-2-3-5-17(13)38-23(27,28)29/h2-5,8-10,15,18H,6-7,11H2,1H3,(H,32,35). The molecule has 0 bridgehead atoms. The third-order valence-electron chi connectivity index (χ3n) is 5.59. The van der Waals surface area contributed by atoms with E-state index in [0.29, 0.717) is 0 Å². The summed E-state index contributed by atoms with van der Waals surface area (Å²) in [7, 11) is 1.35. The number of alkyl halides is 5. The lowest BCUT2D eigenvalue weighted by molar-refractivity contribution is -0.274. The van der Waals surface area contributed by atoms with Crippen molar-refractivity contribution in [1.29, 1.82) is 0 Å². The van der Waals surface area contributed by atoms with Crippen LogP contribution in [0.5, 0.6) is 11.6 Å². The number of halogens is 6. The third kappa shape index (κ3) is 5.79. The molecule has 15 heteroatoms. The molecule has 1 aliphatic rings. The SMILES string of the molecule is COc1ncc(C(=O)N2CCC(NC(=O)c3ccccc3OC(F)(F)F)c3c2cnn3CC(F)F)cc1Cl. The minimum absolute atomic E-state index is 0.0154. The Balaban J connectivity index is 1.65. The second-order valence-corrected chi connectivity index (χ2v) is 8.43. The molecule has 0 aliphatic carbocycles. The van der Waals surface area contributed by atoms with Gasteiger partial charge in [-0.3, -0.25) is 14.3 Å². The number of carbonyl (C=O) groups excluding carboxylic acids is 2. The molecule has 202 valence electrons. The van der Waals surface area contributed by atoms with Gasteiger partial charge in [-0.1, -0.05) is 23.7 Å². The van der Waals surface area contributed by atoms with Gasteiger partial charge in [0, 0.05) is 12.7 Å². The Morgan fingerprint density at radius 1 is 1.24 bits per heavy atom. The van der Waals surface area contributed by atoms with Crippen LogP contribution in [0, 0.1) is 0 Å². The van der Waals surface area contributed by atoms with Crippen molar-refractivity contribution in [1.82, 2.24) is 20.1 Å². The molecule has 4 rings (SSSR count). The molecule has 2 aromatic heterocycles. The molecule has 38 heavy (non-hydrogen) atoms. The molecular weight excluding hydrogens is 541 g/mol. The first-order valence-corrected chi connectivity index (χ1v) is 11.4. The molecule has 1 aromatic carbocycles. The van der Waals surface area contributed by atoms with Gasteiger partial charge in [0.05, 0.1) is 41.9 Å². The largest absolute Gasteiger partial charge is 0.573 e. The number of methoxy groups -OCH3 is 1. The molecule has 3 aromatic rings. The Hall–Kier alpha value is -3.94. The van der Waals surface area contributed by atoms with E-state index < -0.39 is 48.5 Å². The van der Waals surface area contributed by atoms with E-state index in [9.17, 15) is 31.5 Å². The highest BCUT2D eigenvalue weighted by molar-refractivity contribution is 6.32. The van der Waals surface area contributed by atoms with Crippen LogP contribution in [0.3, 0.4) is 0 Å². The van der Waals surface area contributed by atoms with Gasteiger partial charge >= 0.3 is 6.36 Å². The summed E-state index contributed by atoms with van der Waals surface area (Å²) in [5.41, 5.74) is -0.105. The van der Waals surface area contributed by atoms with Crippen molar-refractivity contribution in [3.63, 3.8) is 0 Å². The Bertz CT molecular complexity index is 1350. The number of amides is 2. The molecule has 0 fully saturated rings. The Morgan fingerprint density at radius 3 is 2.63 bits per heavy atom. The van der Waals surface area contributed by atoms with Crippen LogP contribution in [0.2, 0.25) is 5.02 Å². The number of rotatable bonds is 7. The number of para-hydroxylation sites is 1. The number of aromatic nitrogens is 3. The molecule has 0 spiro atoms. The van der Waals surface area contributed by atoms with E-state index in [0.717, 1.165) is 16.8 Å². The smallest absolute Gasteiger partial charge is 0.480 e. The summed E-state index contributed by atoms with van der Waals surface area (Å²) in [5, 5.41) is 6.60. The molecule has 1 atom stereocenters. The van der Waals surface area contributed by atoms with Crippen LogP contribution in [-0.4, -0.2) is 53.0 Å². The average molecular weight is 560 g/mol. The van der Waals surface area contributed by atoms with E-state index in [4.69, 9.17) is 16.3 Å². The molecule has 3 heterocycles. The fourth-order valence-electron chi connectivity index (χ4n) is 4.05. The van der Waals surface area contributed by atoms with Crippen LogP contribution >= 0.6 is 11.6 Å². The first-order valence-electron chi connectivity index (χ1n) is 11.0. The van der Waals surface area contributed by atoms with Crippen molar-refractivity contribution in [2.45, 2.75) is 31.8 Å². The van der Waals surface area contributed by atoms with Crippen LogP contribution in [0.4, 0.5) is 27.6 Å². The highest BCUT2D eigenvalue weighted by Gasteiger charge is 2.36. The van der Waals surface area contributed by atoms with Crippen LogP contribution in [-0.2, 0) is 6.54 Å². The summed E-state index contributed by atoms with van der Waals surface area (Å²) in [4.78, 5) is 31.5. The number of fused-ring (bicyclic) bond motifs is 1. The van der Waals surface area contributed by atoms with Gasteiger partial charge in [-0.2, -0.15) is 5.10 Å². The molecule has 1 N–H and O–H groups in total. The highest BCUT2D eigenvalue weighted by Crippen LogP contribution is 2.36. The lowest BCUT2D eigenvalue weighted by Crippen LogP contribution is -2.42. The predicted molar refractivity (Wildman–Crippen MR) is 124 cm³/mol. The number of carbonyl (C=O) groups is 2. The van der Waals surface area contributed by atoms with Crippen molar-refractivity contribution in [2.75, 3.05) is 18.6 Å². The van der Waals surface area contributed by atoms with Crippen LogP contribution < -0.4 is 19.7 Å². The Labute approximate surface area is 217 Å². The number of pyridine rings is 1. The van der Waals surface area contributed by atoms with Gasteiger partial charge in [-0.25, -0.2) is 13.8 Å². The fourth-order valence-corrected chi connectivity index (χ4v) is 4.29. The molecule has 1 aliphatic heterocycles. The average Bonchev–Trinajstić information content (AvgIpc) is 3.26. The maximum Gasteiger partial charge on any atom is 0.573 e. The predicted octanol–water partition coefficient (Wildman–Crippen LogP) is 4.63. The Morgan fingerprint density at radius 2 is 1.97 bits per heavy atom. The maximum atomic E-state index is 13.3. The fraction of sp³-hybridized carbons (Fsp3) is 0.304. The molecule has 0 radical (unpaired) electrons. The third-order valence-corrected chi connectivity index (χ3v) is 5.86. The number of anilines is 1. The number of hydrogen-bond donors (Lipinski definition) is 1. The zero-order chi connectivity index (χ0) is 27.6. The topological polar surface area (TPSA) is 98.6 Å². The highest BCUT2D eigenvalue weighted by atomic mass is 35.5. The van der Waals surface area contributed by atoms with Crippen molar-refractivity contribution in [3.05, 3.63) is 64.6 Å². The monoisotopic (exact) mass is 559 g/mol. The first kappa shape index (κ1) is 27.1. The van der Waals surface area contributed by atoms with E-state index >= 15 is 0 Å². The van der Waals surface area contributed by atoms with E-state index in [1.807, 2.05) is 0 Å². The first-order chi connectivity index (χ1) is 18.0. The van der Waals surface area contributed by atoms with E-state index in [-0.39, 0.29) is 40.8 Å². The number of nitrogens with zero attached hydrogens (tertiary/aromatic N) is 4. The van der Waals surface area contributed by atoms with Gasteiger partial charge in [0.25, 0.3) is 18.2 Å². The van der Waals surface area contributed by atoms with Gasteiger partial charge in [-0.15, -0.1) is 13.2 Å². The van der Waals surface area contributed by atoms with Gasteiger partial charge in [-0.05, 0) is 24.6 Å². The zero-order valence-corrected chi connectivity index (χ0v) is 20.3. The second kappa shape index (κ2) is 10.8. The molecule has 0 saturated carbocycles. The van der Waals surface area contributed by atoms with Gasteiger partial charge in [0.1, 0.15) is 17.3 Å². The second-order valence-electron chi connectivity index (χ2n) is 8.02. The lowest BCUT2D eigenvalue weighted by atomic mass is 10.0. The zero-order valence-electron chi connectivity index (χ0n) is 19.5. The molecule has 1 unspecified atom stereocenters. The summed E-state index contributed by atoms with van der Waals surface area (Å²) in [6.07, 6.45) is -5.37. The summed E-state index contributed by atoms with van der Waals surface area (Å²) in [6.45, 7) is -0.824. The van der Waals surface area contributed by atoms with Crippen molar-refractivity contribution < 1.29 is 41.0 Å². The van der Waals surface area contributed by atoms with Crippen molar-refractivity contribution >= 4 is 29.1 Å². The molecule has 0 saturated heterocycles. The summed E-state index contributed by atoms with van der Waals surface area (Å²) >= 11 is 6.08. The van der Waals surface area contributed by atoms with Gasteiger partial charge in [0.2, 0.25) is 5.88 Å². The van der Waals surface area contributed by atoms with Crippen LogP contribution in [0.25, 0.3) is 0 Å².